The summed E-state index contributed by atoms with van der Waals surface area (Å²) in [7, 11) is 3.40. The Morgan fingerprint density at radius 3 is 2.27 bits per heavy atom. The van der Waals surface area contributed by atoms with Gasteiger partial charge in [-0.05, 0) is 61.3 Å². The van der Waals surface area contributed by atoms with E-state index >= 15 is 0 Å². The lowest BCUT2D eigenvalue weighted by molar-refractivity contribution is -0.159. The van der Waals surface area contributed by atoms with Crippen molar-refractivity contribution < 1.29 is 14.4 Å². The number of benzene rings is 1. The average molecular weight is 468 g/mol. The molecule has 6 nitrogen and oxygen atoms in total. The van der Waals surface area contributed by atoms with E-state index in [4.69, 9.17) is 0 Å². The van der Waals surface area contributed by atoms with Crippen molar-refractivity contribution in [2.75, 3.05) is 14.1 Å². The molecule has 1 saturated heterocycles. The number of carbonyl (C=O) groups is 3. The predicted octanol–water partition coefficient (Wildman–Crippen LogP) is 3.34. The third-order valence-electron chi connectivity index (χ3n) is 6.69. The van der Waals surface area contributed by atoms with Gasteiger partial charge in [0.1, 0.15) is 18.1 Å². The van der Waals surface area contributed by atoms with Crippen molar-refractivity contribution in [3.8, 4) is 0 Å². The first-order valence-electron chi connectivity index (χ1n) is 11.6. The molecule has 7 heteroatoms. The molecule has 2 heterocycles. The van der Waals surface area contributed by atoms with Crippen molar-refractivity contribution in [3.63, 3.8) is 0 Å². The van der Waals surface area contributed by atoms with Crippen LogP contribution in [0.1, 0.15) is 47.2 Å². The van der Waals surface area contributed by atoms with Crippen LogP contribution in [0.2, 0.25) is 0 Å². The summed E-state index contributed by atoms with van der Waals surface area (Å²) in [6.45, 7) is 6.06. The largest absolute Gasteiger partial charge is 0.347 e. The first-order chi connectivity index (χ1) is 15.7. The van der Waals surface area contributed by atoms with Crippen LogP contribution in [0.25, 0.3) is 0 Å². The third-order valence-corrected chi connectivity index (χ3v) is 7.74. The molecule has 3 atom stereocenters. The van der Waals surface area contributed by atoms with E-state index in [0.29, 0.717) is 6.42 Å². The number of nitrogens with one attached hydrogen (secondary N) is 1. The fourth-order valence-corrected chi connectivity index (χ4v) is 6.07. The fraction of sp³-hybridized carbons (Fsp3) is 0.500. The van der Waals surface area contributed by atoms with Gasteiger partial charge in [0.25, 0.3) is 0 Å². The van der Waals surface area contributed by atoms with E-state index in [1.165, 1.54) is 27.4 Å². The average Bonchev–Trinajstić information content (AvgIpc) is 3.38. The van der Waals surface area contributed by atoms with Crippen LogP contribution in [0.4, 0.5) is 0 Å². The number of thiophene rings is 1. The Morgan fingerprint density at radius 2 is 1.76 bits per heavy atom. The van der Waals surface area contributed by atoms with Crippen molar-refractivity contribution in [2.24, 2.45) is 11.8 Å². The number of hydrogen-bond donors (Lipinski definition) is 1. The van der Waals surface area contributed by atoms with Gasteiger partial charge in [-0.3, -0.25) is 14.4 Å². The standard InChI is InChI=1S/C26H33N3O3S/c1-15(2)12-20-24(30)27-22(19-13-17-8-6-7-9-18(17)14-19)25(31)29(20)23(26(32)28(4)5)21-11-10-16(3)33-21/h6-11,15,19-20,22-23H,12-14H2,1-5H3,(H,27,30)/t20-,22-,23-/m1/s1. The summed E-state index contributed by atoms with van der Waals surface area (Å²) >= 11 is 1.51. The van der Waals surface area contributed by atoms with E-state index in [1.807, 2.05) is 45.0 Å². The topological polar surface area (TPSA) is 69.7 Å². The van der Waals surface area contributed by atoms with Crippen LogP contribution in [-0.2, 0) is 27.2 Å². The van der Waals surface area contributed by atoms with E-state index in [2.05, 4.69) is 17.4 Å². The number of hydrogen-bond acceptors (Lipinski definition) is 4. The van der Waals surface area contributed by atoms with Crippen LogP contribution >= 0.6 is 11.3 Å². The SMILES string of the molecule is Cc1ccc([C@H](C(=O)N(C)C)N2C(=O)[C@@H](C3Cc4ccccc4C3)NC(=O)[C@H]2CC(C)C)s1. The molecule has 1 aliphatic carbocycles. The summed E-state index contributed by atoms with van der Waals surface area (Å²) in [6, 6.07) is 9.99. The Morgan fingerprint density at radius 1 is 1.12 bits per heavy atom. The minimum atomic E-state index is -0.799. The zero-order chi connectivity index (χ0) is 23.9. The zero-order valence-corrected chi connectivity index (χ0v) is 20.8. The van der Waals surface area contributed by atoms with Gasteiger partial charge in [-0.1, -0.05) is 38.1 Å². The molecule has 0 radical (unpaired) electrons. The van der Waals surface area contributed by atoms with E-state index in [9.17, 15) is 14.4 Å². The zero-order valence-electron chi connectivity index (χ0n) is 20.0. The molecule has 1 aromatic heterocycles. The van der Waals surface area contributed by atoms with Crippen molar-refractivity contribution in [1.29, 1.82) is 0 Å². The minimum Gasteiger partial charge on any atom is -0.347 e. The summed E-state index contributed by atoms with van der Waals surface area (Å²) in [5.41, 5.74) is 2.46. The fourth-order valence-electron chi connectivity index (χ4n) is 5.10. The smallest absolute Gasteiger partial charge is 0.250 e. The van der Waals surface area contributed by atoms with E-state index < -0.39 is 18.1 Å². The van der Waals surface area contributed by atoms with Crippen molar-refractivity contribution in [3.05, 3.63) is 57.3 Å². The highest BCUT2D eigenvalue weighted by molar-refractivity contribution is 7.12. The monoisotopic (exact) mass is 467 g/mol. The van der Waals surface area contributed by atoms with Crippen LogP contribution in [0.5, 0.6) is 0 Å². The normalized spacial score (nSPS) is 21.8. The number of rotatable bonds is 6. The highest BCUT2D eigenvalue weighted by Crippen LogP contribution is 2.37. The molecule has 4 rings (SSSR count). The van der Waals surface area contributed by atoms with Gasteiger partial charge in [0, 0.05) is 23.8 Å². The van der Waals surface area contributed by atoms with E-state index in [1.54, 1.807) is 19.0 Å². The lowest BCUT2D eigenvalue weighted by atomic mass is 9.88. The summed E-state index contributed by atoms with van der Waals surface area (Å²) in [5.74, 6) is -0.300. The van der Waals surface area contributed by atoms with Crippen LogP contribution < -0.4 is 5.32 Å². The Labute approximate surface area is 200 Å². The predicted molar refractivity (Wildman–Crippen MR) is 130 cm³/mol. The second-order valence-corrected chi connectivity index (χ2v) is 11.2. The summed E-state index contributed by atoms with van der Waals surface area (Å²) in [5, 5.41) is 3.06. The molecule has 0 bridgehead atoms. The van der Waals surface area contributed by atoms with Gasteiger partial charge in [-0.15, -0.1) is 11.3 Å². The molecule has 2 aliphatic rings. The maximum absolute atomic E-state index is 14.1. The minimum absolute atomic E-state index is 0.0125. The van der Waals surface area contributed by atoms with Crippen molar-refractivity contribution in [2.45, 2.75) is 58.2 Å². The Kier molecular flexibility index (Phi) is 6.61. The maximum atomic E-state index is 14.1. The van der Waals surface area contributed by atoms with Crippen LogP contribution in [0, 0.1) is 18.8 Å². The first-order valence-corrected chi connectivity index (χ1v) is 12.5. The van der Waals surface area contributed by atoms with Crippen molar-refractivity contribution in [1.82, 2.24) is 15.1 Å². The second kappa shape index (κ2) is 9.29. The van der Waals surface area contributed by atoms with Gasteiger partial charge in [0.2, 0.25) is 17.7 Å². The van der Waals surface area contributed by atoms with E-state index in [0.717, 1.165) is 22.6 Å². The Balaban J connectivity index is 1.74. The number of nitrogens with zero attached hydrogens (tertiary/aromatic N) is 2. The summed E-state index contributed by atoms with van der Waals surface area (Å²) in [4.78, 5) is 46.0. The molecule has 33 heavy (non-hydrogen) atoms. The molecule has 2 aromatic rings. The number of aryl methyl sites for hydroxylation is 1. The van der Waals surface area contributed by atoms with Gasteiger partial charge < -0.3 is 15.1 Å². The number of amides is 3. The van der Waals surface area contributed by atoms with Gasteiger partial charge in [-0.2, -0.15) is 0 Å². The number of fused-ring (bicyclic) bond motifs is 1. The van der Waals surface area contributed by atoms with Crippen molar-refractivity contribution >= 4 is 29.1 Å². The molecular formula is C26H33N3O3S. The Hall–Kier alpha value is -2.67. The molecule has 1 N–H and O–H groups in total. The van der Waals surface area contributed by atoms with Crippen LogP contribution in [0.3, 0.4) is 0 Å². The van der Waals surface area contributed by atoms with Gasteiger partial charge in [0.05, 0.1) is 0 Å². The first kappa shape index (κ1) is 23.5. The lowest BCUT2D eigenvalue weighted by Gasteiger charge is -2.45. The molecule has 0 saturated carbocycles. The molecule has 1 aliphatic heterocycles. The van der Waals surface area contributed by atoms with Crippen LogP contribution in [-0.4, -0.2) is 53.7 Å². The van der Waals surface area contributed by atoms with Gasteiger partial charge in [-0.25, -0.2) is 0 Å². The molecular weight excluding hydrogens is 434 g/mol. The highest BCUT2D eigenvalue weighted by Gasteiger charge is 2.49. The lowest BCUT2D eigenvalue weighted by Crippen LogP contribution is -2.67. The van der Waals surface area contributed by atoms with E-state index in [-0.39, 0.29) is 29.6 Å². The molecule has 1 fully saturated rings. The summed E-state index contributed by atoms with van der Waals surface area (Å²) < 4.78 is 0. The molecule has 0 spiro atoms. The quantitative estimate of drug-likeness (QED) is 0.708. The molecule has 176 valence electrons. The van der Waals surface area contributed by atoms with Gasteiger partial charge >= 0.3 is 0 Å². The third kappa shape index (κ3) is 4.56. The van der Waals surface area contributed by atoms with Crippen LogP contribution in [0.15, 0.2) is 36.4 Å². The molecule has 3 amide bonds. The summed E-state index contributed by atoms with van der Waals surface area (Å²) in [6.07, 6.45) is 2.01. The second-order valence-electron chi connectivity index (χ2n) is 9.90. The number of carbonyl (C=O) groups excluding carboxylic acids is 3. The van der Waals surface area contributed by atoms with Gasteiger partial charge in [0.15, 0.2) is 0 Å². The highest BCUT2D eigenvalue weighted by atomic mass is 32.1. The Bertz CT molecular complexity index is 1040. The maximum Gasteiger partial charge on any atom is 0.250 e. The molecule has 1 aromatic carbocycles. The number of likely N-dealkylation sites (N-methyl/N-ethyl adjacent to an activating group) is 1. The number of piperazine rings is 1. The molecule has 0 unspecified atom stereocenters.